The van der Waals surface area contributed by atoms with E-state index in [4.69, 9.17) is 9.40 Å². The number of fused-ring (bicyclic) bond motifs is 3. The van der Waals surface area contributed by atoms with Gasteiger partial charge in [0.05, 0.1) is 11.8 Å². The van der Waals surface area contributed by atoms with Gasteiger partial charge in [-0.05, 0) is 42.0 Å². The van der Waals surface area contributed by atoms with Gasteiger partial charge in [-0.1, -0.05) is 36.0 Å². The van der Waals surface area contributed by atoms with Crippen LogP contribution in [-0.2, 0) is 5.75 Å². The van der Waals surface area contributed by atoms with Crippen molar-refractivity contribution in [3.05, 3.63) is 78.3 Å². The van der Waals surface area contributed by atoms with Crippen molar-refractivity contribution in [2.45, 2.75) is 10.9 Å². The average molecular weight is 376 g/mol. The molecule has 0 atom stereocenters. The van der Waals surface area contributed by atoms with Crippen LogP contribution in [0.3, 0.4) is 0 Å². The topological polar surface area (TPSA) is 56.2 Å². The highest BCUT2D eigenvalue weighted by Crippen LogP contribution is 2.30. The summed E-state index contributed by atoms with van der Waals surface area (Å²) in [4.78, 5) is 4.76. The number of hydrogen-bond acceptors (Lipinski definition) is 5. The minimum Gasteiger partial charge on any atom is -0.461 e. The maximum absolute atomic E-state index is 13.4. The number of thioether (sulfide) groups is 1. The molecule has 5 nitrogen and oxygen atoms in total. The Balaban J connectivity index is 1.66. The van der Waals surface area contributed by atoms with Crippen molar-refractivity contribution in [3.8, 4) is 11.6 Å². The summed E-state index contributed by atoms with van der Waals surface area (Å²) in [6, 6.07) is 18.0. The van der Waals surface area contributed by atoms with Crippen molar-refractivity contribution >= 4 is 28.3 Å². The number of hydrogen-bond donors (Lipinski definition) is 0. The predicted octanol–water partition coefficient (Wildman–Crippen LogP) is 4.97. The minimum absolute atomic E-state index is 0.247. The molecule has 5 aromatic rings. The summed E-state index contributed by atoms with van der Waals surface area (Å²) in [5, 5.41) is 10.3. The van der Waals surface area contributed by atoms with Crippen molar-refractivity contribution < 1.29 is 8.81 Å². The first-order valence-electron chi connectivity index (χ1n) is 8.34. The number of furan rings is 1. The summed E-state index contributed by atoms with van der Waals surface area (Å²) in [5.41, 5.74) is 2.42. The first-order valence-corrected chi connectivity index (χ1v) is 9.33. The number of para-hydroxylation sites is 1. The Kier molecular flexibility index (Phi) is 3.86. The summed E-state index contributed by atoms with van der Waals surface area (Å²) in [6.07, 6.45) is 1.61. The van der Waals surface area contributed by atoms with Gasteiger partial charge in [0.2, 0.25) is 0 Å². The number of rotatable bonds is 4. The van der Waals surface area contributed by atoms with Crippen molar-refractivity contribution in [2.24, 2.45) is 0 Å². The molecule has 3 aromatic heterocycles. The van der Waals surface area contributed by atoms with Crippen LogP contribution in [0.4, 0.5) is 4.39 Å². The molecular formula is C20H13FN4OS. The van der Waals surface area contributed by atoms with Crippen LogP contribution < -0.4 is 0 Å². The Labute approximate surface area is 157 Å². The third kappa shape index (κ3) is 2.86. The second-order valence-electron chi connectivity index (χ2n) is 5.99. The van der Waals surface area contributed by atoms with Crippen LogP contribution in [0.15, 0.2) is 76.5 Å². The van der Waals surface area contributed by atoms with E-state index in [0.29, 0.717) is 28.1 Å². The Bertz CT molecular complexity index is 1250. The van der Waals surface area contributed by atoms with Gasteiger partial charge >= 0.3 is 0 Å². The van der Waals surface area contributed by atoms with Crippen LogP contribution >= 0.6 is 11.8 Å². The van der Waals surface area contributed by atoms with Crippen LogP contribution in [0.1, 0.15) is 5.56 Å². The van der Waals surface area contributed by atoms with Gasteiger partial charge in [-0.3, -0.25) is 4.40 Å². The van der Waals surface area contributed by atoms with E-state index in [0.717, 1.165) is 16.5 Å². The smallest absolute Gasteiger partial charge is 0.197 e. The molecule has 0 spiro atoms. The van der Waals surface area contributed by atoms with Crippen molar-refractivity contribution in [3.63, 3.8) is 0 Å². The number of aromatic nitrogens is 4. The third-order valence-electron chi connectivity index (χ3n) is 4.21. The molecule has 0 aliphatic carbocycles. The second-order valence-corrected chi connectivity index (χ2v) is 6.93. The molecule has 0 radical (unpaired) electrons. The van der Waals surface area contributed by atoms with E-state index in [9.17, 15) is 4.39 Å². The fourth-order valence-corrected chi connectivity index (χ4v) is 3.87. The fourth-order valence-electron chi connectivity index (χ4n) is 3.00. The zero-order valence-electron chi connectivity index (χ0n) is 14.0. The van der Waals surface area contributed by atoms with Crippen molar-refractivity contribution in [1.82, 2.24) is 19.6 Å². The van der Waals surface area contributed by atoms with Crippen LogP contribution in [0.2, 0.25) is 0 Å². The molecule has 0 fully saturated rings. The van der Waals surface area contributed by atoms with Crippen LogP contribution in [0.5, 0.6) is 0 Å². The normalized spacial score (nSPS) is 11.4. The van der Waals surface area contributed by atoms with Crippen LogP contribution in [-0.4, -0.2) is 19.6 Å². The highest BCUT2D eigenvalue weighted by atomic mass is 32.2. The fraction of sp³-hybridized carbons (Fsp3) is 0.0500. The summed E-state index contributed by atoms with van der Waals surface area (Å²) >= 11 is 1.48. The Hall–Kier alpha value is -3.19. The van der Waals surface area contributed by atoms with E-state index in [2.05, 4.69) is 10.2 Å². The molecule has 7 heteroatoms. The lowest BCUT2D eigenvalue weighted by Crippen LogP contribution is -1.99. The van der Waals surface area contributed by atoms with Gasteiger partial charge in [0, 0.05) is 11.1 Å². The van der Waals surface area contributed by atoms with Crippen molar-refractivity contribution in [1.29, 1.82) is 0 Å². The SMILES string of the molecule is Fc1cccc(CSc2nnc3c4ccccc4nc(-c4ccco4)n23)c1. The molecule has 0 saturated carbocycles. The Morgan fingerprint density at radius 1 is 1.00 bits per heavy atom. The van der Waals surface area contributed by atoms with Crippen molar-refractivity contribution in [2.75, 3.05) is 0 Å². The van der Waals surface area contributed by atoms with E-state index in [-0.39, 0.29) is 5.82 Å². The molecule has 0 amide bonds. The molecule has 0 unspecified atom stereocenters. The molecule has 5 rings (SSSR count). The Morgan fingerprint density at radius 3 is 2.78 bits per heavy atom. The monoisotopic (exact) mass is 376 g/mol. The first kappa shape index (κ1) is 16.0. The molecule has 3 heterocycles. The highest BCUT2D eigenvalue weighted by Gasteiger charge is 2.18. The highest BCUT2D eigenvalue weighted by molar-refractivity contribution is 7.98. The van der Waals surface area contributed by atoms with E-state index < -0.39 is 0 Å². The maximum Gasteiger partial charge on any atom is 0.197 e. The van der Waals surface area contributed by atoms with Gasteiger partial charge in [0.1, 0.15) is 5.82 Å². The van der Waals surface area contributed by atoms with Gasteiger partial charge in [-0.2, -0.15) is 0 Å². The lowest BCUT2D eigenvalue weighted by molar-refractivity contribution is 0.575. The third-order valence-corrected chi connectivity index (χ3v) is 5.22. The summed E-state index contributed by atoms with van der Waals surface area (Å²) in [6.45, 7) is 0. The molecule has 0 N–H and O–H groups in total. The predicted molar refractivity (Wildman–Crippen MR) is 102 cm³/mol. The molecule has 2 aromatic carbocycles. The summed E-state index contributed by atoms with van der Waals surface area (Å²) < 4.78 is 20.9. The summed E-state index contributed by atoms with van der Waals surface area (Å²) in [7, 11) is 0. The minimum atomic E-state index is -0.247. The molecule has 27 heavy (non-hydrogen) atoms. The summed E-state index contributed by atoms with van der Waals surface area (Å²) in [5.74, 6) is 1.60. The van der Waals surface area contributed by atoms with E-state index in [1.807, 2.05) is 46.9 Å². The standard InChI is InChI=1S/C20H13FN4OS/c21-14-6-3-5-13(11-14)12-27-20-24-23-18-15-7-1-2-8-16(15)22-19(25(18)20)17-9-4-10-26-17/h1-11H,12H2. The van der Waals surface area contributed by atoms with E-state index in [1.54, 1.807) is 12.3 Å². The quantitative estimate of drug-likeness (QED) is 0.415. The van der Waals surface area contributed by atoms with E-state index >= 15 is 0 Å². The zero-order valence-corrected chi connectivity index (χ0v) is 14.9. The first-order chi connectivity index (χ1) is 13.3. The van der Waals surface area contributed by atoms with Gasteiger partial charge in [-0.15, -0.1) is 10.2 Å². The lowest BCUT2D eigenvalue weighted by Gasteiger charge is -2.07. The maximum atomic E-state index is 13.4. The average Bonchev–Trinajstić information content (AvgIpc) is 3.36. The second kappa shape index (κ2) is 6.51. The number of nitrogens with zero attached hydrogens (tertiary/aromatic N) is 4. The lowest BCUT2D eigenvalue weighted by atomic mass is 10.2. The van der Waals surface area contributed by atoms with Gasteiger partial charge in [0.25, 0.3) is 0 Å². The molecule has 0 saturated heterocycles. The van der Waals surface area contributed by atoms with Crippen LogP contribution in [0.25, 0.3) is 28.1 Å². The zero-order chi connectivity index (χ0) is 18.2. The molecule has 0 aliphatic rings. The van der Waals surface area contributed by atoms with Crippen LogP contribution in [0, 0.1) is 5.82 Å². The number of benzene rings is 2. The number of halogens is 1. The van der Waals surface area contributed by atoms with E-state index in [1.165, 1.54) is 23.9 Å². The largest absolute Gasteiger partial charge is 0.461 e. The molecule has 132 valence electrons. The molecule has 0 bridgehead atoms. The molecular weight excluding hydrogens is 363 g/mol. The van der Waals surface area contributed by atoms with Gasteiger partial charge < -0.3 is 4.42 Å². The van der Waals surface area contributed by atoms with Gasteiger partial charge in [-0.25, -0.2) is 9.37 Å². The molecule has 0 aliphatic heterocycles. The Morgan fingerprint density at radius 2 is 1.93 bits per heavy atom. The van der Waals surface area contributed by atoms with Gasteiger partial charge in [0.15, 0.2) is 22.4 Å².